The summed E-state index contributed by atoms with van der Waals surface area (Å²) in [5.74, 6) is -0.300. The van der Waals surface area contributed by atoms with Crippen molar-refractivity contribution in [2.75, 3.05) is 11.4 Å². The molecule has 3 aromatic rings. The van der Waals surface area contributed by atoms with Gasteiger partial charge in [0.05, 0.1) is 27.6 Å². The Hall–Kier alpha value is -2.31. The van der Waals surface area contributed by atoms with Gasteiger partial charge in [-0.2, -0.15) is 0 Å². The Morgan fingerprint density at radius 3 is 2.85 bits per heavy atom. The number of benzene rings is 1. The second-order valence-electron chi connectivity index (χ2n) is 6.56. The molecule has 1 N–H and O–H groups in total. The summed E-state index contributed by atoms with van der Waals surface area (Å²) < 4.78 is 1.85. The van der Waals surface area contributed by atoms with Gasteiger partial charge < -0.3 is 14.6 Å². The number of hydrogen-bond acceptors (Lipinski definition) is 4. The predicted molar refractivity (Wildman–Crippen MR) is 102 cm³/mol. The van der Waals surface area contributed by atoms with Crippen LogP contribution >= 0.6 is 23.2 Å². The number of hydrogen-bond donors (Lipinski definition) is 1. The van der Waals surface area contributed by atoms with E-state index in [1.54, 1.807) is 25.5 Å². The molecule has 0 bridgehead atoms. The maximum atomic E-state index is 11.9. The molecule has 134 valence electrons. The zero-order valence-electron chi connectivity index (χ0n) is 14.0. The summed E-state index contributed by atoms with van der Waals surface area (Å²) in [7, 11) is 0. The Bertz CT molecular complexity index is 1010. The Labute approximate surface area is 160 Å². The van der Waals surface area contributed by atoms with Crippen LogP contribution in [0.25, 0.3) is 16.6 Å². The van der Waals surface area contributed by atoms with Gasteiger partial charge in [-0.1, -0.05) is 23.2 Å². The lowest BCUT2D eigenvalue weighted by atomic mass is 9.99. The largest absolute Gasteiger partial charge is 0.480 e. The Morgan fingerprint density at radius 2 is 2.15 bits per heavy atom. The van der Waals surface area contributed by atoms with Crippen LogP contribution in [0, 0.1) is 0 Å². The topological polar surface area (TPSA) is 71.2 Å². The van der Waals surface area contributed by atoms with Crippen LogP contribution in [0.5, 0.6) is 0 Å². The SMILES string of the molecule is C[C@]1(C(=O)O)CCCN1c1cc(-n2ccnc2)c2ccc(Cl)c(Cl)c2n1. The maximum absolute atomic E-state index is 11.9. The molecule has 1 atom stereocenters. The number of rotatable bonds is 3. The van der Waals surface area contributed by atoms with Crippen LogP contribution in [-0.4, -0.2) is 37.7 Å². The standard InChI is InChI=1S/C18H16Cl2N4O2/c1-18(17(25)26)5-2-7-24(18)14-9-13(23-8-6-21-10-23)11-3-4-12(19)15(20)16(11)22-14/h3-4,6,8-10H,2,5,7H2,1H3,(H,25,26)/t18-/m1/s1. The fourth-order valence-electron chi connectivity index (χ4n) is 3.51. The molecule has 3 heterocycles. The van der Waals surface area contributed by atoms with Crippen LogP contribution in [-0.2, 0) is 4.79 Å². The zero-order valence-corrected chi connectivity index (χ0v) is 15.5. The number of fused-ring (bicyclic) bond motifs is 1. The smallest absolute Gasteiger partial charge is 0.329 e. The van der Waals surface area contributed by atoms with Crippen LogP contribution in [0.3, 0.4) is 0 Å². The van der Waals surface area contributed by atoms with Crippen molar-refractivity contribution in [2.24, 2.45) is 0 Å². The number of anilines is 1. The number of nitrogens with zero attached hydrogens (tertiary/aromatic N) is 4. The van der Waals surface area contributed by atoms with Gasteiger partial charge in [-0.3, -0.25) is 0 Å². The van der Waals surface area contributed by atoms with Crippen molar-refractivity contribution in [1.82, 2.24) is 14.5 Å². The molecule has 0 saturated carbocycles. The Balaban J connectivity index is 1.99. The van der Waals surface area contributed by atoms with E-state index in [2.05, 4.69) is 9.97 Å². The number of carbonyl (C=O) groups is 1. The van der Waals surface area contributed by atoms with E-state index < -0.39 is 11.5 Å². The minimum Gasteiger partial charge on any atom is -0.480 e. The average molecular weight is 391 g/mol. The summed E-state index contributed by atoms with van der Waals surface area (Å²) >= 11 is 12.6. The van der Waals surface area contributed by atoms with Gasteiger partial charge in [-0.05, 0) is 31.9 Å². The molecular weight excluding hydrogens is 375 g/mol. The van der Waals surface area contributed by atoms with Crippen molar-refractivity contribution in [3.05, 3.63) is 47.0 Å². The second kappa shape index (κ2) is 6.14. The van der Waals surface area contributed by atoms with Gasteiger partial charge in [0.1, 0.15) is 11.4 Å². The summed E-state index contributed by atoms with van der Waals surface area (Å²) in [6, 6.07) is 5.46. The van der Waals surface area contributed by atoms with Crippen molar-refractivity contribution in [1.29, 1.82) is 0 Å². The van der Waals surface area contributed by atoms with Gasteiger partial charge >= 0.3 is 5.97 Å². The minimum absolute atomic E-state index is 0.351. The van der Waals surface area contributed by atoms with Crippen LogP contribution in [0.4, 0.5) is 5.82 Å². The lowest BCUT2D eigenvalue weighted by Gasteiger charge is -2.32. The van der Waals surface area contributed by atoms with Crippen LogP contribution in [0.15, 0.2) is 36.9 Å². The lowest BCUT2D eigenvalue weighted by molar-refractivity contribution is -0.142. The number of aliphatic carboxylic acids is 1. The first kappa shape index (κ1) is 17.1. The number of halogens is 2. The molecule has 1 aliphatic heterocycles. The molecule has 1 saturated heterocycles. The Morgan fingerprint density at radius 1 is 1.35 bits per heavy atom. The molecule has 1 aliphatic rings. The van der Waals surface area contributed by atoms with Crippen molar-refractivity contribution < 1.29 is 9.90 Å². The highest BCUT2D eigenvalue weighted by atomic mass is 35.5. The Kier molecular flexibility index (Phi) is 4.04. The number of aromatic nitrogens is 3. The summed E-state index contributed by atoms with van der Waals surface area (Å²) in [6.07, 6.45) is 6.53. The highest BCUT2D eigenvalue weighted by Gasteiger charge is 2.44. The van der Waals surface area contributed by atoms with E-state index in [0.29, 0.717) is 34.3 Å². The minimum atomic E-state index is -1.00. The van der Waals surface area contributed by atoms with E-state index in [1.165, 1.54) is 0 Å². The first-order valence-corrected chi connectivity index (χ1v) is 8.95. The highest BCUT2D eigenvalue weighted by Crippen LogP contribution is 2.38. The van der Waals surface area contributed by atoms with Crippen LogP contribution in [0.2, 0.25) is 10.0 Å². The van der Waals surface area contributed by atoms with E-state index in [0.717, 1.165) is 17.5 Å². The molecule has 6 nitrogen and oxygen atoms in total. The van der Waals surface area contributed by atoms with Crippen molar-refractivity contribution in [2.45, 2.75) is 25.3 Å². The number of carboxylic acid groups (broad SMARTS) is 1. The highest BCUT2D eigenvalue weighted by molar-refractivity contribution is 6.45. The average Bonchev–Trinajstić information content (AvgIpc) is 3.28. The molecule has 8 heteroatoms. The lowest BCUT2D eigenvalue weighted by Crippen LogP contribution is -2.48. The number of pyridine rings is 1. The van der Waals surface area contributed by atoms with E-state index in [1.807, 2.05) is 27.8 Å². The van der Waals surface area contributed by atoms with Gasteiger partial charge in [0.15, 0.2) is 0 Å². The van der Waals surface area contributed by atoms with E-state index in [-0.39, 0.29) is 0 Å². The molecule has 2 aromatic heterocycles. The fraction of sp³-hybridized carbons (Fsp3) is 0.278. The molecule has 4 rings (SSSR count). The van der Waals surface area contributed by atoms with Crippen molar-refractivity contribution in [3.63, 3.8) is 0 Å². The summed E-state index contributed by atoms with van der Waals surface area (Å²) in [4.78, 5) is 22.5. The van der Waals surface area contributed by atoms with Gasteiger partial charge in [-0.25, -0.2) is 14.8 Å². The summed E-state index contributed by atoms with van der Waals surface area (Å²) in [6.45, 7) is 2.34. The van der Waals surface area contributed by atoms with Crippen LogP contribution in [0.1, 0.15) is 19.8 Å². The zero-order chi connectivity index (χ0) is 18.5. The van der Waals surface area contributed by atoms with E-state index in [4.69, 9.17) is 23.2 Å². The number of carboxylic acids is 1. The maximum Gasteiger partial charge on any atom is 0.329 e. The third kappa shape index (κ3) is 2.52. The quantitative estimate of drug-likeness (QED) is 0.726. The molecule has 1 fully saturated rings. The summed E-state index contributed by atoms with van der Waals surface area (Å²) in [5.41, 5.74) is 0.360. The third-order valence-electron chi connectivity index (χ3n) is 5.00. The second-order valence-corrected chi connectivity index (χ2v) is 7.35. The fourth-order valence-corrected chi connectivity index (χ4v) is 3.87. The third-order valence-corrected chi connectivity index (χ3v) is 5.79. The predicted octanol–water partition coefficient (Wildman–Crippen LogP) is 4.17. The monoisotopic (exact) mass is 390 g/mol. The van der Waals surface area contributed by atoms with E-state index >= 15 is 0 Å². The van der Waals surface area contributed by atoms with Gasteiger partial charge in [0.2, 0.25) is 0 Å². The molecular formula is C18H16Cl2N4O2. The molecule has 0 unspecified atom stereocenters. The molecule has 1 aromatic carbocycles. The van der Waals surface area contributed by atoms with Crippen LogP contribution < -0.4 is 4.90 Å². The van der Waals surface area contributed by atoms with E-state index in [9.17, 15) is 9.90 Å². The van der Waals surface area contributed by atoms with Gasteiger partial charge in [-0.15, -0.1) is 0 Å². The first-order chi connectivity index (χ1) is 12.4. The van der Waals surface area contributed by atoms with Gasteiger partial charge in [0, 0.05) is 30.4 Å². The van der Waals surface area contributed by atoms with Crippen molar-refractivity contribution in [3.8, 4) is 5.69 Å². The molecule has 0 aliphatic carbocycles. The molecule has 26 heavy (non-hydrogen) atoms. The normalized spacial score (nSPS) is 20.0. The molecule has 0 amide bonds. The van der Waals surface area contributed by atoms with Gasteiger partial charge in [0.25, 0.3) is 0 Å². The first-order valence-electron chi connectivity index (χ1n) is 8.20. The number of imidazole rings is 1. The van der Waals surface area contributed by atoms with Crippen molar-refractivity contribution >= 4 is 45.9 Å². The molecule has 0 spiro atoms. The molecule has 0 radical (unpaired) electrons. The summed E-state index contributed by atoms with van der Waals surface area (Å²) in [5, 5.41) is 11.3.